The van der Waals surface area contributed by atoms with Gasteiger partial charge in [-0.3, -0.25) is 34.1 Å². The molecule has 0 aliphatic carbocycles. The van der Waals surface area contributed by atoms with Gasteiger partial charge in [0, 0.05) is 80.1 Å². The standard InChI is InChI=1S/C53H74N8O7/c1-12-60-45-20-19-37-27-40(45)41(48(60)39-17-13-23-54-47(39)35(4)66-11)28-52(5,6)33-68-51(65)43-18-15-25-61(56-43)50(64)44(26-36-16-14-24-58(37)29-36)55-49(63)42(34(2)3)32-67-38-30-59(31-38)46(62)21-22-53(7,8)57(9)10/h13,17,19-20,23,27,34-36,38,42-43,56H,12,14-16,18,24-26,28-33H2,1-11H3/t35-,36-,42-,43-/m0/s1. The summed E-state index contributed by atoms with van der Waals surface area (Å²) in [7, 11) is 5.55. The number of nitrogens with one attached hydrogen (secondary N) is 1. The molecule has 2 aromatic heterocycles. The van der Waals surface area contributed by atoms with E-state index in [1.54, 1.807) is 12.0 Å². The second kappa shape index (κ2) is 21.2. The van der Waals surface area contributed by atoms with E-state index >= 15 is 0 Å². The molecule has 0 radical (unpaired) electrons. The molecule has 15 heteroatoms. The van der Waals surface area contributed by atoms with Crippen molar-refractivity contribution in [3.63, 3.8) is 0 Å². The Morgan fingerprint density at radius 2 is 1.82 bits per heavy atom. The van der Waals surface area contributed by atoms with Crippen LogP contribution in [0.25, 0.3) is 22.2 Å². The van der Waals surface area contributed by atoms with E-state index in [2.05, 4.69) is 76.8 Å². The number of aliphatic imine (C=N–C) groups is 1. The van der Waals surface area contributed by atoms with E-state index < -0.39 is 40.7 Å². The summed E-state index contributed by atoms with van der Waals surface area (Å²) in [5.74, 6) is 3.63. The number of hydrogen-bond acceptors (Lipinski definition) is 11. The summed E-state index contributed by atoms with van der Waals surface area (Å²) in [5.41, 5.74) is 8.78. The van der Waals surface area contributed by atoms with Crippen LogP contribution in [0, 0.1) is 35.0 Å². The Morgan fingerprint density at radius 1 is 1.07 bits per heavy atom. The molecule has 1 aromatic carbocycles. The van der Waals surface area contributed by atoms with Gasteiger partial charge >= 0.3 is 5.97 Å². The van der Waals surface area contributed by atoms with Crippen LogP contribution in [0.3, 0.4) is 0 Å². The highest BCUT2D eigenvalue weighted by molar-refractivity contribution is 6.40. The SMILES string of the molecule is CCn1c(-c2cccnc2[C@H](C)OC)c2c3cc(ccc31)N1CCC[C@@H](CC(=NC(=O)[C@@H](COC3CN(C(=O)C#CC(C)(C)N(C)C)C3)C(C)C)C(=O)N3CCC[C@H](N3)C(=O)OCC(C)(C)C2)C1. The van der Waals surface area contributed by atoms with E-state index in [9.17, 15) is 19.2 Å². The maximum atomic E-state index is 14.6. The van der Waals surface area contributed by atoms with Gasteiger partial charge in [-0.05, 0) is 134 Å². The molecule has 3 amide bonds. The van der Waals surface area contributed by atoms with Crippen LogP contribution in [0.15, 0.2) is 41.5 Å². The number of piperidine rings is 1. The minimum absolute atomic E-state index is 0.0284. The molecule has 7 rings (SSSR count). The monoisotopic (exact) mass is 935 g/mol. The first-order valence-electron chi connectivity index (χ1n) is 24.7. The number of pyridine rings is 1. The Bertz CT molecular complexity index is 2440. The molecule has 4 atom stereocenters. The van der Waals surface area contributed by atoms with Crippen molar-refractivity contribution in [3.05, 3.63) is 47.8 Å². The van der Waals surface area contributed by atoms with Crippen molar-refractivity contribution in [1.29, 1.82) is 0 Å². The zero-order chi connectivity index (χ0) is 49.1. The third kappa shape index (κ3) is 11.3. The lowest BCUT2D eigenvalue weighted by molar-refractivity contribution is -0.153. The van der Waals surface area contributed by atoms with Gasteiger partial charge in [-0.1, -0.05) is 33.6 Å². The number of aromatic nitrogens is 2. The molecular formula is C53H74N8O7. The topological polar surface area (TPSA) is 151 Å². The average Bonchev–Trinajstić information content (AvgIpc) is 3.60. The van der Waals surface area contributed by atoms with Crippen molar-refractivity contribution < 1.29 is 33.4 Å². The number of nitrogens with zero attached hydrogens (tertiary/aromatic N) is 7. The smallest absolute Gasteiger partial charge is 0.324 e. The normalized spacial score (nSPS) is 22.1. The number of likely N-dealkylation sites (tertiary alicyclic amines) is 1. The fourth-order valence-corrected chi connectivity index (χ4v) is 9.66. The van der Waals surface area contributed by atoms with Crippen LogP contribution in [0.4, 0.5) is 5.69 Å². The van der Waals surface area contributed by atoms with E-state index in [4.69, 9.17) is 19.2 Å². The van der Waals surface area contributed by atoms with Gasteiger partial charge in [-0.15, -0.1) is 0 Å². The van der Waals surface area contributed by atoms with Crippen molar-refractivity contribution in [1.82, 2.24) is 29.8 Å². The fraction of sp³-hybridized carbons (Fsp3) is 0.623. The first kappa shape index (κ1) is 50.7. The van der Waals surface area contributed by atoms with Crippen molar-refractivity contribution in [2.75, 3.05) is 72.0 Å². The van der Waals surface area contributed by atoms with Crippen LogP contribution in [0.5, 0.6) is 0 Å². The van der Waals surface area contributed by atoms with Crippen LogP contribution in [0.2, 0.25) is 0 Å². The molecule has 0 saturated carbocycles. The second-order valence-corrected chi connectivity index (χ2v) is 21.1. The predicted molar refractivity (Wildman–Crippen MR) is 265 cm³/mol. The number of carbonyl (C=O) groups is 4. The van der Waals surface area contributed by atoms with Gasteiger partial charge in [0.1, 0.15) is 11.8 Å². The van der Waals surface area contributed by atoms with E-state index in [0.29, 0.717) is 51.9 Å². The maximum Gasteiger partial charge on any atom is 0.324 e. The van der Waals surface area contributed by atoms with Crippen LogP contribution in [-0.4, -0.2) is 139 Å². The van der Waals surface area contributed by atoms with Gasteiger partial charge in [0.25, 0.3) is 17.7 Å². The van der Waals surface area contributed by atoms with E-state index in [0.717, 1.165) is 59.5 Å². The molecular weight excluding hydrogens is 861 g/mol. The number of anilines is 1. The summed E-state index contributed by atoms with van der Waals surface area (Å²) >= 11 is 0. The van der Waals surface area contributed by atoms with Gasteiger partial charge in [0.05, 0.1) is 48.3 Å². The fourth-order valence-electron chi connectivity index (χ4n) is 9.66. The Labute approximate surface area is 403 Å². The van der Waals surface area contributed by atoms with Gasteiger partial charge in [-0.25, -0.2) is 10.4 Å². The molecule has 6 heterocycles. The summed E-state index contributed by atoms with van der Waals surface area (Å²) in [6.07, 6.45) is 5.13. The molecule has 4 aliphatic rings. The number of hydrogen-bond donors (Lipinski definition) is 1. The van der Waals surface area contributed by atoms with E-state index in [-0.39, 0.29) is 48.9 Å². The molecule has 68 heavy (non-hydrogen) atoms. The van der Waals surface area contributed by atoms with Crippen LogP contribution in [-0.2, 0) is 46.4 Å². The van der Waals surface area contributed by atoms with Gasteiger partial charge < -0.3 is 28.6 Å². The van der Waals surface area contributed by atoms with Crippen molar-refractivity contribution in [2.24, 2.45) is 28.2 Å². The highest BCUT2D eigenvalue weighted by atomic mass is 16.5. The van der Waals surface area contributed by atoms with Gasteiger partial charge in [0.15, 0.2) is 0 Å². The van der Waals surface area contributed by atoms with Crippen LogP contribution >= 0.6 is 0 Å². The minimum Gasteiger partial charge on any atom is -0.464 e. The number of fused-ring (bicyclic) bond motifs is 6. The number of methoxy groups -OCH3 is 1. The largest absolute Gasteiger partial charge is 0.464 e. The van der Waals surface area contributed by atoms with Crippen molar-refractivity contribution >= 4 is 46.0 Å². The molecule has 368 valence electrons. The van der Waals surface area contributed by atoms with E-state index in [1.165, 1.54) is 10.6 Å². The molecule has 3 saturated heterocycles. The number of rotatable bonds is 10. The van der Waals surface area contributed by atoms with Gasteiger partial charge in [-0.2, -0.15) is 0 Å². The third-order valence-corrected chi connectivity index (χ3v) is 14.5. The zero-order valence-corrected chi connectivity index (χ0v) is 42.3. The molecule has 6 bridgehead atoms. The summed E-state index contributed by atoms with van der Waals surface area (Å²) in [6, 6.07) is 10.1. The molecule has 3 fully saturated rings. The first-order chi connectivity index (χ1) is 32.3. The molecule has 3 aromatic rings. The predicted octanol–water partition coefficient (Wildman–Crippen LogP) is 6.47. The quantitative estimate of drug-likeness (QED) is 0.176. The summed E-state index contributed by atoms with van der Waals surface area (Å²) in [4.78, 5) is 71.2. The molecule has 15 nitrogen and oxygen atoms in total. The maximum absolute atomic E-state index is 14.6. The summed E-state index contributed by atoms with van der Waals surface area (Å²) in [5, 5.41) is 2.60. The first-order valence-corrected chi connectivity index (χ1v) is 24.7. The summed E-state index contributed by atoms with van der Waals surface area (Å²) < 4.78 is 20.6. The van der Waals surface area contributed by atoms with Gasteiger partial charge in [0.2, 0.25) is 0 Å². The number of cyclic esters (lactones) is 1. The number of esters is 1. The van der Waals surface area contributed by atoms with E-state index in [1.807, 2.05) is 65.9 Å². The lowest BCUT2D eigenvalue weighted by Crippen LogP contribution is -2.57. The Hall–Kier alpha value is -5.14. The number of amides is 3. The molecule has 0 spiro atoms. The zero-order valence-electron chi connectivity index (χ0n) is 42.3. The Kier molecular flexibility index (Phi) is 15.8. The highest BCUT2D eigenvalue weighted by Gasteiger charge is 2.37. The van der Waals surface area contributed by atoms with Crippen molar-refractivity contribution in [2.45, 2.75) is 124 Å². The van der Waals surface area contributed by atoms with Crippen LogP contribution < -0.4 is 10.3 Å². The number of benzene rings is 1. The Morgan fingerprint density at radius 3 is 2.53 bits per heavy atom. The molecule has 0 unspecified atom stereocenters. The second-order valence-electron chi connectivity index (χ2n) is 21.1. The lowest BCUT2D eigenvalue weighted by Gasteiger charge is -2.38. The van der Waals surface area contributed by atoms with Crippen LogP contribution in [0.1, 0.15) is 105 Å². The summed E-state index contributed by atoms with van der Waals surface area (Å²) in [6.45, 7) is 19.9. The van der Waals surface area contributed by atoms with Crippen molar-refractivity contribution in [3.8, 4) is 23.1 Å². The Balaban J connectivity index is 1.19. The average molecular weight is 935 g/mol. The third-order valence-electron chi connectivity index (χ3n) is 14.5. The molecule has 4 aliphatic heterocycles. The minimum atomic E-state index is -0.741. The lowest BCUT2D eigenvalue weighted by atomic mass is 9.84. The number of ether oxygens (including phenoxy) is 3. The number of hydrazine groups is 1. The number of carbonyl (C=O) groups excluding carboxylic acids is 4. The molecule has 1 N–H and O–H groups in total. The number of aryl methyl sites for hydroxylation is 1. The highest BCUT2D eigenvalue weighted by Crippen LogP contribution is 2.42.